The van der Waals surface area contributed by atoms with Gasteiger partial charge in [0.15, 0.2) is 0 Å². The summed E-state index contributed by atoms with van der Waals surface area (Å²) in [7, 11) is -3.77. The van der Waals surface area contributed by atoms with Crippen LogP contribution in [-0.2, 0) is 19.6 Å². The van der Waals surface area contributed by atoms with Crippen molar-refractivity contribution in [3.05, 3.63) is 59.4 Å². The van der Waals surface area contributed by atoms with Gasteiger partial charge in [-0.05, 0) is 74.6 Å². The van der Waals surface area contributed by atoms with E-state index in [1.807, 2.05) is 19.9 Å². The van der Waals surface area contributed by atoms with E-state index in [0.717, 1.165) is 36.1 Å². The molecule has 0 spiro atoms. The van der Waals surface area contributed by atoms with Gasteiger partial charge in [0.25, 0.3) is 0 Å². The van der Waals surface area contributed by atoms with E-state index in [4.69, 9.17) is 0 Å². The van der Waals surface area contributed by atoms with E-state index in [1.165, 1.54) is 16.4 Å². The summed E-state index contributed by atoms with van der Waals surface area (Å²) in [6.45, 7) is 4.31. The maximum atomic E-state index is 13.2. The zero-order valence-corrected chi connectivity index (χ0v) is 19.0. The van der Waals surface area contributed by atoms with Crippen LogP contribution in [0.4, 0.5) is 10.1 Å². The Morgan fingerprint density at radius 1 is 1.06 bits per heavy atom. The molecule has 32 heavy (non-hydrogen) atoms. The number of nitrogens with one attached hydrogen (secondary N) is 2. The van der Waals surface area contributed by atoms with Crippen molar-refractivity contribution in [1.82, 2.24) is 9.62 Å². The summed E-state index contributed by atoms with van der Waals surface area (Å²) in [5, 5.41) is 5.19. The van der Waals surface area contributed by atoms with Crippen molar-refractivity contribution in [2.75, 3.05) is 18.4 Å². The molecule has 1 saturated heterocycles. The quantitative estimate of drug-likeness (QED) is 0.646. The molecule has 1 unspecified atom stereocenters. The number of sulfonamides is 1. The van der Waals surface area contributed by atoms with Crippen LogP contribution in [-0.4, -0.2) is 43.7 Å². The highest BCUT2D eigenvalue weighted by Gasteiger charge is 2.33. The Kier molecular flexibility index (Phi) is 7.63. The summed E-state index contributed by atoms with van der Waals surface area (Å²) >= 11 is 0. The van der Waals surface area contributed by atoms with Crippen molar-refractivity contribution in [3.63, 3.8) is 0 Å². The molecule has 0 bridgehead atoms. The monoisotopic (exact) mass is 461 g/mol. The van der Waals surface area contributed by atoms with Gasteiger partial charge in [-0.2, -0.15) is 4.31 Å². The lowest BCUT2D eigenvalue weighted by atomic mass is 10.0. The topological polar surface area (TPSA) is 95.6 Å². The van der Waals surface area contributed by atoms with E-state index in [1.54, 1.807) is 12.1 Å². The minimum absolute atomic E-state index is 0.0442. The number of hydrogen-bond acceptors (Lipinski definition) is 4. The van der Waals surface area contributed by atoms with E-state index < -0.39 is 27.7 Å². The molecule has 2 amide bonds. The van der Waals surface area contributed by atoms with E-state index in [-0.39, 0.29) is 17.5 Å². The van der Waals surface area contributed by atoms with Gasteiger partial charge >= 0.3 is 11.8 Å². The maximum Gasteiger partial charge on any atom is 0.313 e. The normalized spacial score (nSPS) is 17.0. The Bertz CT molecular complexity index is 1090. The third-order valence-electron chi connectivity index (χ3n) is 5.82. The highest BCUT2D eigenvalue weighted by molar-refractivity contribution is 7.89. The van der Waals surface area contributed by atoms with Gasteiger partial charge in [-0.3, -0.25) is 9.59 Å². The van der Waals surface area contributed by atoms with Gasteiger partial charge in [-0.15, -0.1) is 0 Å². The molecule has 1 aliphatic rings. The fourth-order valence-electron chi connectivity index (χ4n) is 3.82. The molecule has 2 aromatic carbocycles. The van der Waals surface area contributed by atoms with Gasteiger partial charge in [0.05, 0.1) is 4.90 Å². The second-order valence-corrected chi connectivity index (χ2v) is 9.86. The van der Waals surface area contributed by atoms with Crippen LogP contribution < -0.4 is 10.6 Å². The molecular formula is C23H28FN3O4S. The van der Waals surface area contributed by atoms with E-state index in [2.05, 4.69) is 10.6 Å². The fourth-order valence-corrected chi connectivity index (χ4v) is 5.54. The number of anilines is 1. The number of halogens is 1. The average molecular weight is 462 g/mol. The first-order chi connectivity index (χ1) is 15.2. The van der Waals surface area contributed by atoms with Crippen LogP contribution in [0.3, 0.4) is 0 Å². The van der Waals surface area contributed by atoms with Gasteiger partial charge in [-0.1, -0.05) is 18.6 Å². The van der Waals surface area contributed by atoms with Crippen molar-refractivity contribution in [2.24, 2.45) is 0 Å². The van der Waals surface area contributed by atoms with Crippen LogP contribution in [0.5, 0.6) is 0 Å². The Hall–Kier alpha value is -2.78. The highest BCUT2D eigenvalue weighted by Crippen LogP contribution is 2.27. The lowest BCUT2D eigenvalue weighted by molar-refractivity contribution is -0.136. The Balaban J connectivity index is 1.58. The Labute approximate surface area is 188 Å². The van der Waals surface area contributed by atoms with Crippen molar-refractivity contribution in [1.29, 1.82) is 0 Å². The molecule has 0 aliphatic carbocycles. The molecular weight excluding hydrogens is 433 g/mol. The first-order valence-corrected chi connectivity index (χ1v) is 12.1. The zero-order chi connectivity index (χ0) is 23.3. The van der Waals surface area contributed by atoms with Gasteiger partial charge in [0, 0.05) is 24.8 Å². The number of rotatable bonds is 6. The van der Waals surface area contributed by atoms with Crippen molar-refractivity contribution in [3.8, 4) is 0 Å². The Morgan fingerprint density at radius 3 is 2.50 bits per heavy atom. The van der Waals surface area contributed by atoms with Gasteiger partial charge in [-0.25, -0.2) is 12.8 Å². The van der Waals surface area contributed by atoms with Crippen LogP contribution in [0.25, 0.3) is 0 Å². The van der Waals surface area contributed by atoms with Crippen LogP contribution in [0.15, 0.2) is 47.4 Å². The summed E-state index contributed by atoms with van der Waals surface area (Å²) in [5.41, 5.74) is 2.47. The first kappa shape index (κ1) is 23.9. The zero-order valence-electron chi connectivity index (χ0n) is 18.2. The third-order valence-corrected chi connectivity index (χ3v) is 7.78. The molecule has 1 heterocycles. The van der Waals surface area contributed by atoms with Crippen molar-refractivity contribution < 1.29 is 22.4 Å². The minimum atomic E-state index is -3.77. The molecule has 9 heteroatoms. The third kappa shape index (κ3) is 5.52. The highest BCUT2D eigenvalue weighted by atomic mass is 32.2. The average Bonchev–Trinajstić information content (AvgIpc) is 2.77. The number of amides is 2. The molecule has 7 nitrogen and oxygen atoms in total. The van der Waals surface area contributed by atoms with Crippen molar-refractivity contribution >= 4 is 27.5 Å². The number of benzene rings is 2. The number of carbonyl (C=O) groups excluding carboxylic acids is 2. The van der Waals surface area contributed by atoms with Gasteiger partial charge < -0.3 is 10.6 Å². The second-order valence-electron chi connectivity index (χ2n) is 7.97. The molecule has 2 N–H and O–H groups in total. The molecule has 2 aromatic rings. The van der Waals surface area contributed by atoms with Gasteiger partial charge in [0.2, 0.25) is 10.0 Å². The fraction of sp³-hybridized carbons (Fsp3) is 0.391. The SMILES string of the molecule is Cc1cccc(NC(=O)C(=O)NCCC2CCCCN2S(=O)(=O)c2ccc(F)cc2)c1C. The molecule has 0 radical (unpaired) electrons. The summed E-state index contributed by atoms with van der Waals surface area (Å²) < 4.78 is 40.7. The summed E-state index contributed by atoms with van der Waals surface area (Å²) in [5.74, 6) is -2.03. The number of carbonyl (C=O) groups is 2. The Morgan fingerprint density at radius 2 is 1.78 bits per heavy atom. The summed E-state index contributed by atoms with van der Waals surface area (Å²) in [4.78, 5) is 24.5. The lowest BCUT2D eigenvalue weighted by Crippen LogP contribution is -2.45. The number of aryl methyl sites for hydroxylation is 1. The molecule has 1 aliphatic heterocycles. The van der Waals surface area contributed by atoms with Crippen LogP contribution >= 0.6 is 0 Å². The second kappa shape index (κ2) is 10.2. The van der Waals surface area contributed by atoms with E-state index in [0.29, 0.717) is 25.1 Å². The standard InChI is InChI=1S/C23H28FN3O4S/c1-16-6-5-8-21(17(16)2)26-23(29)22(28)25-14-13-19-7-3-4-15-27(19)32(30,31)20-11-9-18(24)10-12-20/h5-6,8-12,19H,3-4,7,13-15H2,1-2H3,(H,25,28)(H,26,29). The maximum absolute atomic E-state index is 13.2. The van der Waals surface area contributed by atoms with E-state index >= 15 is 0 Å². The van der Waals surface area contributed by atoms with Crippen LogP contribution in [0.2, 0.25) is 0 Å². The van der Waals surface area contributed by atoms with E-state index in [9.17, 15) is 22.4 Å². The molecule has 1 fully saturated rings. The lowest BCUT2D eigenvalue weighted by Gasteiger charge is -2.34. The molecule has 1 atom stereocenters. The summed E-state index contributed by atoms with van der Waals surface area (Å²) in [6.07, 6.45) is 2.65. The van der Waals surface area contributed by atoms with Crippen LogP contribution in [0, 0.1) is 19.7 Å². The summed E-state index contributed by atoms with van der Waals surface area (Å²) in [6, 6.07) is 9.91. The van der Waals surface area contributed by atoms with Crippen molar-refractivity contribution in [2.45, 2.75) is 50.5 Å². The molecule has 0 aromatic heterocycles. The number of piperidine rings is 1. The predicted molar refractivity (Wildman–Crippen MR) is 120 cm³/mol. The smallest absolute Gasteiger partial charge is 0.313 e. The predicted octanol–water partition coefficient (Wildman–Crippen LogP) is 3.13. The molecule has 0 saturated carbocycles. The number of nitrogens with zero attached hydrogens (tertiary/aromatic N) is 1. The molecule has 172 valence electrons. The largest absolute Gasteiger partial charge is 0.348 e. The van der Waals surface area contributed by atoms with Crippen LogP contribution in [0.1, 0.15) is 36.8 Å². The first-order valence-electron chi connectivity index (χ1n) is 10.6. The molecule has 3 rings (SSSR count). The van der Waals surface area contributed by atoms with Gasteiger partial charge in [0.1, 0.15) is 5.82 Å². The minimum Gasteiger partial charge on any atom is -0.348 e. The number of hydrogen-bond donors (Lipinski definition) is 2.